The summed E-state index contributed by atoms with van der Waals surface area (Å²) in [4.78, 5) is 13.0. The van der Waals surface area contributed by atoms with Gasteiger partial charge in [-0.2, -0.15) is 0 Å². The molecular formula is C7H5BrO2S. The van der Waals surface area contributed by atoms with Gasteiger partial charge in [-0.15, -0.1) is 11.3 Å². The summed E-state index contributed by atoms with van der Waals surface area (Å²) in [6.07, 6.45) is 1.80. The van der Waals surface area contributed by atoms with Gasteiger partial charge in [0.15, 0.2) is 0 Å². The maximum absolute atomic E-state index is 10.4. The van der Waals surface area contributed by atoms with E-state index < -0.39 is 5.97 Å². The number of thiophene rings is 1. The summed E-state index contributed by atoms with van der Waals surface area (Å²) in [6.45, 7) is 0. The molecule has 0 spiro atoms. The van der Waals surface area contributed by atoms with Crippen molar-refractivity contribution in [1.82, 2.24) is 0 Å². The molecule has 0 aromatic carbocycles. The first-order chi connectivity index (χ1) is 5.24. The Morgan fingerprint density at radius 3 is 2.91 bits per heavy atom. The van der Waals surface area contributed by atoms with E-state index in [1.807, 2.05) is 0 Å². The summed E-state index contributed by atoms with van der Waals surface area (Å²) < 4.78 is 0. The van der Waals surface area contributed by atoms with Crippen LogP contribution in [0.1, 0.15) is 15.2 Å². The van der Waals surface area contributed by atoms with E-state index in [-0.39, 0.29) is 0 Å². The van der Waals surface area contributed by atoms with Crippen LogP contribution in [0.5, 0.6) is 0 Å². The molecule has 0 saturated heterocycles. The molecule has 0 bridgehead atoms. The number of carboxylic acids is 1. The number of carbonyl (C=O) groups is 1. The molecule has 0 unspecified atom stereocenters. The fourth-order valence-corrected chi connectivity index (χ4v) is 1.85. The molecule has 0 fully saturated rings. The molecule has 1 N–H and O–H groups in total. The van der Waals surface area contributed by atoms with Crippen LogP contribution in [0.15, 0.2) is 16.4 Å². The van der Waals surface area contributed by atoms with Crippen LogP contribution in [0.25, 0.3) is 6.08 Å². The van der Waals surface area contributed by atoms with Gasteiger partial charge in [-0.1, -0.05) is 15.9 Å². The third-order valence-corrected chi connectivity index (χ3v) is 2.26. The second-order valence-corrected chi connectivity index (χ2v) is 3.31. The lowest BCUT2D eigenvalue weighted by molar-refractivity contribution is 0.0697. The lowest BCUT2D eigenvalue weighted by Crippen LogP contribution is -1.91. The van der Waals surface area contributed by atoms with Crippen molar-refractivity contribution in [3.8, 4) is 0 Å². The first kappa shape index (κ1) is 8.49. The van der Waals surface area contributed by atoms with Crippen LogP contribution in [0.4, 0.5) is 0 Å². The standard InChI is InChI=1S/C7H5BrO2S/c8-2-1-6-3-5(4-11-6)7(9)10/h1-4H,(H,9,10)/b2-1+. The molecule has 0 amide bonds. The van der Waals surface area contributed by atoms with E-state index in [1.54, 1.807) is 22.5 Å². The SMILES string of the molecule is O=C(O)c1csc(/C=C/Br)c1. The van der Waals surface area contributed by atoms with Gasteiger partial charge in [0.25, 0.3) is 0 Å². The highest BCUT2D eigenvalue weighted by molar-refractivity contribution is 9.11. The Kier molecular flexibility index (Phi) is 2.84. The molecule has 1 heterocycles. The molecule has 2 nitrogen and oxygen atoms in total. The normalized spacial score (nSPS) is 10.6. The van der Waals surface area contributed by atoms with E-state index in [4.69, 9.17) is 5.11 Å². The average Bonchev–Trinajstić information content (AvgIpc) is 2.37. The monoisotopic (exact) mass is 232 g/mol. The zero-order chi connectivity index (χ0) is 8.27. The minimum absolute atomic E-state index is 0.343. The van der Waals surface area contributed by atoms with Crippen molar-refractivity contribution in [2.75, 3.05) is 0 Å². The Morgan fingerprint density at radius 2 is 2.45 bits per heavy atom. The van der Waals surface area contributed by atoms with Gasteiger partial charge in [-0.3, -0.25) is 0 Å². The Balaban J connectivity index is 2.90. The third-order valence-electron chi connectivity index (χ3n) is 1.09. The zero-order valence-corrected chi connectivity index (χ0v) is 7.85. The zero-order valence-electron chi connectivity index (χ0n) is 5.45. The predicted molar refractivity (Wildman–Crippen MR) is 49.2 cm³/mol. The largest absolute Gasteiger partial charge is 0.478 e. The van der Waals surface area contributed by atoms with E-state index in [9.17, 15) is 4.79 Å². The van der Waals surface area contributed by atoms with Crippen molar-refractivity contribution in [3.63, 3.8) is 0 Å². The van der Waals surface area contributed by atoms with Gasteiger partial charge in [0.2, 0.25) is 0 Å². The predicted octanol–water partition coefficient (Wildman–Crippen LogP) is 2.81. The van der Waals surface area contributed by atoms with Crippen LogP contribution in [0.2, 0.25) is 0 Å². The van der Waals surface area contributed by atoms with Crippen molar-refractivity contribution in [2.45, 2.75) is 0 Å². The highest BCUT2D eigenvalue weighted by atomic mass is 79.9. The molecule has 0 aliphatic carbocycles. The summed E-state index contributed by atoms with van der Waals surface area (Å²) in [6, 6.07) is 1.63. The first-order valence-electron chi connectivity index (χ1n) is 2.82. The van der Waals surface area contributed by atoms with Crippen LogP contribution in [0, 0.1) is 0 Å². The molecule has 0 aliphatic rings. The van der Waals surface area contributed by atoms with E-state index in [0.29, 0.717) is 5.56 Å². The quantitative estimate of drug-likeness (QED) is 0.852. The smallest absolute Gasteiger partial charge is 0.336 e. The maximum atomic E-state index is 10.4. The molecule has 0 radical (unpaired) electrons. The second kappa shape index (κ2) is 3.69. The van der Waals surface area contributed by atoms with Crippen LogP contribution >= 0.6 is 27.3 Å². The molecule has 0 aliphatic heterocycles. The highest BCUT2D eigenvalue weighted by Crippen LogP contribution is 2.16. The molecule has 58 valence electrons. The lowest BCUT2D eigenvalue weighted by Gasteiger charge is -1.81. The topological polar surface area (TPSA) is 37.3 Å². The summed E-state index contributed by atoms with van der Waals surface area (Å²) in [5.74, 6) is -0.879. The molecule has 0 atom stereocenters. The van der Waals surface area contributed by atoms with Crippen LogP contribution < -0.4 is 0 Å². The minimum Gasteiger partial charge on any atom is -0.478 e. The van der Waals surface area contributed by atoms with Gasteiger partial charge in [0.05, 0.1) is 5.56 Å². The summed E-state index contributed by atoms with van der Waals surface area (Å²) in [7, 11) is 0. The molecular weight excluding hydrogens is 228 g/mol. The Bertz CT molecular complexity index is 290. The number of aromatic carboxylic acids is 1. The maximum Gasteiger partial charge on any atom is 0.336 e. The first-order valence-corrected chi connectivity index (χ1v) is 4.62. The highest BCUT2D eigenvalue weighted by Gasteiger charge is 2.03. The number of rotatable bonds is 2. The molecule has 11 heavy (non-hydrogen) atoms. The summed E-state index contributed by atoms with van der Waals surface area (Å²) >= 11 is 4.52. The number of carboxylic acid groups (broad SMARTS) is 1. The van der Waals surface area contributed by atoms with Gasteiger partial charge >= 0.3 is 5.97 Å². The van der Waals surface area contributed by atoms with Gasteiger partial charge < -0.3 is 5.11 Å². The van der Waals surface area contributed by atoms with Gasteiger partial charge in [-0.25, -0.2) is 4.79 Å². The van der Waals surface area contributed by atoms with Crippen molar-refractivity contribution < 1.29 is 9.90 Å². The van der Waals surface area contributed by atoms with Crippen LogP contribution in [-0.2, 0) is 0 Å². The van der Waals surface area contributed by atoms with Gasteiger partial charge in [0, 0.05) is 10.3 Å². The van der Waals surface area contributed by atoms with Crippen molar-refractivity contribution >= 4 is 39.3 Å². The molecule has 0 saturated carbocycles. The molecule has 1 rings (SSSR count). The van der Waals surface area contributed by atoms with Gasteiger partial charge in [0.1, 0.15) is 0 Å². The van der Waals surface area contributed by atoms with Crippen molar-refractivity contribution in [1.29, 1.82) is 0 Å². The van der Waals surface area contributed by atoms with E-state index in [0.717, 1.165) is 4.88 Å². The Labute approximate surface area is 76.3 Å². The third kappa shape index (κ3) is 2.17. The van der Waals surface area contributed by atoms with Crippen LogP contribution in [-0.4, -0.2) is 11.1 Å². The number of halogens is 1. The van der Waals surface area contributed by atoms with E-state index in [2.05, 4.69) is 15.9 Å². The summed E-state index contributed by atoms with van der Waals surface area (Å²) in [5, 5.41) is 10.2. The van der Waals surface area contributed by atoms with Crippen LogP contribution in [0.3, 0.4) is 0 Å². The number of hydrogen-bond acceptors (Lipinski definition) is 2. The fraction of sp³-hybridized carbons (Fsp3) is 0. The van der Waals surface area contributed by atoms with Gasteiger partial charge in [-0.05, 0) is 17.1 Å². The summed E-state index contributed by atoms with van der Waals surface area (Å²) in [5.41, 5.74) is 0.343. The van der Waals surface area contributed by atoms with E-state index >= 15 is 0 Å². The average molecular weight is 233 g/mol. The minimum atomic E-state index is -0.879. The van der Waals surface area contributed by atoms with Crippen molar-refractivity contribution in [2.24, 2.45) is 0 Å². The molecule has 1 aromatic heterocycles. The lowest BCUT2D eigenvalue weighted by atomic mass is 10.3. The van der Waals surface area contributed by atoms with E-state index in [1.165, 1.54) is 11.3 Å². The Hall–Kier alpha value is -0.610. The Morgan fingerprint density at radius 1 is 1.73 bits per heavy atom. The second-order valence-electron chi connectivity index (χ2n) is 1.84. The molecule has 1 aromatic rings. The fourth-order valence-electron chi connectivity index (χ4n) is 0.614. The number of hydrogen-bond donors (Lipinski definition) is 1. The molecule has 4 heteroatoms. The van der Waals surface area contributed by atoms with Crippen molar-refractivity contribution in [3.05, 3.63) is 26.9 Å².